The highest BCUT2D eigenvalue weighted by Gasteiger charge is 2.38. The minimum absolute atomic E-state index is 0.00788. The van der Waals surface area contributed by atoms with Crippen LogP contribution in [0.2, 0.25) is 0 Å². The third kappa shape index (κ3) is 3.41. The minimum atomic E-state index is -1.21. The van der Waals surface area contributed by atoms with Crippen molar-refractivity contribution in [2.24, 2.45) is 5.73 Å². The van der Waals surface area contributed by atoms with E-state index in [9.17, 15) is 19.5 Å². The van der Waals surface area contributed by atoms with Gasteiger partial charge in [0.25, 0.3) is 0 Å². The van der Waals surface area contributed by atoms with Crippen LogP contribution in [0.1, 0.15) is 19.3 Å². The lowest BCUT2D eigenvalue weighted by Crippen LogP contribution is -2.41. The molecule has 3 unspecified atom stereocenters. The molecule has 0 aliphatic carbocycles. The number of aliphatic hydroxyl groups is 1. The number of carboxylic acid groups (broad SMARTS) is 2. The summed E-state index contributed by atoms with van der Waals surface area (Å²) in [7, 11) is 0. The van der Waals surface area contributed by atoms with Crippen molar-refractivity contribution >= 4 is 17.8 Å². The lowest BCUT2D eigenvalue weighted by atomic mass is 10.1. The number of nitrogens with two attached hydrogens (primary N) is 1. The molecule has 0 aromatic rings. The van der Waals surface area contributed by atoms with E-state index >= 15 is 0 Å². The number of aliphatic hydroxyl groups excluding tert-OH is 1. The molecule has 1 fully saturated rings. The topological polar surface area (TPSA) is 141 Å². The van der Waals surface area contributed by atoms with Crippen molar-refractivity contribution in [2.45, 2.75) is 37.5 Å². The quantitative estimate of drug-likeness (QED) is 0.458. The van der Waals surface area contributed by atoms with Gasteiger partial charge >= 0.3 is 11.9 Å². The van der Waals surface area contributed by atoms with Gasteiger partial charge in [0.2, 0.25) is 5.91 Å². The third-order valence-corrected chi connectivity index (χ3v) is 2.87. The van der Waals surface area contributed by atoms with E-state index in [4.69, 9.17) is 15.9 Å². The number of likely N-dealkylation sites (tertiary alicyclic amines) is 1. The number of carbonyl (C=O) groups excluding carboxylic acids is 1. The lowest BCUT2D eigenvalue weighted by Gasteiger charge is -2.21. The zero-order valence-corrected chi connectivity index (χ0v) is 9.65. The molecule has 18 heavy (non-hydrogen) atoms. The molecular weight excluding hydrogens is 244 g/mol. The van der Waals surface area contributed by atoms with Crippen molar-refractivity contribution in [3.63, 3.8) is 0 Å². The molecule has 0 saturated carbocycles. The van der Waals surface area contributed by atoms with E-state index in [2.05, 4.69) is 0 Å². The molecule has 0 spiro atoms. The van der Waals surface area contributed by atoms with E-state index in [1.165, 1.54) is 0 Å². The Balaban J connectivity index is 2.55. The summed E-state index contributed by atoms with van der Waals surface area (Å²) in [6, 6.07) is -2.20. The van der Waals surface area contributed by atoms with Crippen LogP contribution in [0.3, 0.4) is 0 Å². The Labute approximate surface area is 103 Å². The highest BCUT2D eigenvalue weighted by atomic mass is 16.4. The number of amides is 1. The van der Waals surface area contributed by atoms with Gasteiger partial charge in [0.1, 0.15) is 12.1 Å². The van der Waals surface area contributed by atoms with Gasteiger partial charge < -0.3 is 26.0 Å². The van der Waals surface area contributed by atoms with Gasteiger partial charge in [-0.15, -0.1) is 0 Å². The van der Waals surface area contributed by atoms with Crippen LogP contribution in [0.15, 0.2) is 0 Å². The molecule has 1 aliphatic rings. The van der Waals surface area contributed by atoms with Gasteiger partial charge in [0.05, 0.1) is 6.10 Å². The van der Waals surface area contributed by atoms with Crippen molar-refractivity contribution < 1.29 is 29.7 Å². The minimum Gasteiger partial charge on any atom is -0.480 e. The van der Waals surface area contributed by atoms with E-state index in [1.807, 2.05) is 0 Å². The van der Waals surface area contributed by atoms with Crippen molar-refractivity contribution in [2.75, 3.05) is 6.54 Å². The molecule has 1 rings (SSSR count). The first-order valence-electron chi connectivity index (χ1n) is 5.51. The summed E-state index contributed by atoms with van der Waals surface area (Å²) < 4.78 is 0. The second-order valence-electron chi connectivity index (χ2n) is 4.27. The zero-order chi connectivity index (χ0) is 13.9. The summed E-state index contributed by atoms with van der Waals surface area (Å²) >= 11 is 0. The maximum Gasteiger partial charge on any atom is 0.326 e. The average molecular weight is 260 g/mol. The van der Waals surface area contributed by atoms with Crippen LogP contribution in [-0.4, -0.2) is 62.8 Å². The lowest BCUT2D eigenvalue weighted by molar-refractivity contribution is -0.148. The van der Waals surface area contributed by atoms with E-state index in [-0.39, 0.29) is 25.8 Å². The van der Waals surface area contributed by atoms with Gasteiger partial charge in [-0.3, -0.25) is 9.59 Å². The molecule has 8 heteroatoms. The molecule has 5 N–H and O–H groups in total. The van der Waals surface area contributed by atoms with Gasteiger partial charge in [-0.05, 0) is 6.42 Å². The Kier molecular flexibility index (Phi) is 4.62. The fraction of sp³-hybridized carbons (Fsp3) is 0.700. The number of carboxylic acids is 2. The summed E-state index contributed by atoms with van der Waals surface area (Å²) in [5.74, 6) is -2.89. The van der Waals surface area contributed by atoms with E-state index in [0.717, 1.165) is 4.90 Å². The Morgan fingerprint density at radius 3 is 2.44 bits per heavy atom. The zero-order valence-electron chi connectivity index (χ0n) is 9.65. The number of β-amino-alcohol motifs (C(OH)–C–C–N with tert-alkyl or cyclic N) is 1. The number of aliphatic carboxylic acids is 2. The van der Waals surface area contributed by atoms with Gasteiger partial charge in [-0.1, -0.05) is 0 Å². The molecule has 1 aliphatic heterocycles. The maximum absolute atomic E-state index is 11.7. The van der Waals surface area contributed by atoms with Crippen LogP contribution in [0.4, 0.5) is 0 Å². The normalized spacial score (nSPS) is 24.9. The molecule has 8 nitrogen and oxygen atoms in total. The standard InChI is InChI=1S/C10H16N2O6/c11-6(9(15)16)1-2-8(14)12-4-5(13)3-7(12)10(17)18/h5-7,13H,1-4,11H2,(H,15,16)(H,17,18). The molecule has 0 bridgehead atoms. The molecule has 3 atom stereocenters. The largest absolute Gasteiger partial charge is 0.480 e. The number of hydrogen-bond acceptors (Lipinski definition) is 5. The van der Waals surface area contributed by atoms with Crippen LogP contribution in [0.25, 0.3) is 0 Å². The van der Waals surface area contributed by atoms with Crippen LogP contribution in [0.5, 0.6) is 0 Å². The monoisotopic (exact) mass is 260 g/mol. The van der Waals surface area contributed by atoms with Gasteiger partial charge in [0, 0.05) is 19.4 Å². The van der Waals surface area contributed by atoms with Crippen LogP contribution >= 0.6 is 0 Å². The first-order valence-corrected chi connectivity index (χ1v) is 5.51. The molecule has 1 amide bonds. The summed E-state index contributed by atoms with van der Waals surface area (Å²) in [5, 5.41) is 26.8. The summed E-state index contributed by atoms with van der Waals surface area (Å²) in [6.07, 6.45) is -1.08. The highest BCUT2D eigenvalue weighted by Crippen LogP contribution is 2.19. The summed E-state index contributed by atoms with van der Waals surface area (Å²) in [4.78, 5) is 34.2. The van der Waals surface area contributed by atoms with E-state index in [0.29, 0.717) is 0 Å². The highest BCUT2D eigenvalue weighted by molar-refractivity contribution is 5.85. The Bertz CT molecular complexity index is 358. The summed E-state index contributed by atoms with van der Waals surface area (Å²) in [5.41, 5.74) is 5.25. The third-order valence-electron chi connectivity index (χ3n) is 2.87. The van der Waals surface area contributed by atoms with Gasteiger partial charge in [-0.2, -0.15) is 0 Å². The predicted molar refractivity (Wildman–Crippen MR) is 58.6 cm³/mol. The van der Waals surface area contributed by atoms with Crippen molar-refractivity contribution in [3.8, 4) is 0 Å². The molecule has 102 valence electrons. The van der Waals surface area contributed by atoms with Crippen molar-refractivity contribution in [3.05, 3.63) is 0 Å². The summed E-state index contributed by atoms with van der Waals surface area (Å²) in [6.45, 7) is -0.0435. The molecule has 1 heterocycles. The van der Waals surface area contributed by atoms with Crippen molar-refractivity contribution in [1.82, 2.24) is 4.90 Å². The molecule has 1 saturated heterocycles. The van der Waals surface area contributed by atoms with Gasteiger partial charge in [-0.25, -0.2) is 4.79 Å². The smallest absolute Gasteiger partial charge is 0.326 e. The van der Waals surface area contributed by atoms with E-state index in [1.54, 1.807) is 0 Å². The maximum atomic E-state index is 11.7. The second-order valence-corrected chi connectivity index (χ2v) is 4.27. The second kappa shape index (κ2) is 5.78. The first-order chi connectivity index (χ1) is 8.32. The van der Waals surface area contributed by atoms with Crippen LogP contribution in [0, 0.1) is 0 Å². The molecule has 0 aromatic heterocycles. The number of carbonyl (C=O) groups is 3. The van der Waals surface area contributed by atoms with Crippen LogP contribution in [-0.2, 0) is 14.4 Å². The molecular formula is C10H16N2O6. The Morgan fingerprint density at radius 1 is 1.33 bits per heavy atom. The van der Waals surface area contributed by atoms with Crippen LogP contribution < -0.4 is 5.73 Å². The Hall–Kier alpha value is -1.67. The molecule has 0 aromatic carbocycles. The van der Waals surface area contributed by atoms with Crippen molar-refractivity contribution in [1.29, 1.82) is 0 Å². The fourth-order valence-electron chi connectivity index (χ4n) is 1.87. The number of nitrogens with zero attached hydrogens (tertiary/aromatic N) is 1. The van der Waals surface area contributed by atoms with Gasteiger partial charge in [0.15, 0.2) is 0 Å². The number of rotatable bonds is 5. The number of hydrogen-bond donors (Lipinski definition) is 4. The predicted octanol–water partition coefficient (Wildman–Crippen LogP) is -1.78. The van der Waals surface area contributed by atoms with E-state index < -0.39 is 36.0 Å². The SMILES string of the molecule is NC(CCC(=O)N1CC(O)CC1C(=O)O)C(=O)O. The average Bonchev–Trinajstić information content (AvgIpc) is 2.67. The Morgan fingerprint density at radius 2 is 1.94 bits per heavy atom. The molecule has 0 radical (unpaired) electrons. The first kappa shape index (κ1) is 14.4. The fourth-order valence-corrected chi connectivity index (χ4v) is 1.87.